The predicted molar refractivity (Wildman–Crippen MR) is 113 cm³/mol. The maximum atomic E-state index is 6.10. The van der Waals surface area contributed by atoms with E-state index in [1.165, 1.54) is 0 Å². The molecule has 5 aromatic rings. The van der Waals surface area contributed by atoms with Crippen molar-refractivity contribution in [2.24, 2.45) is 0 Å². The van der Waals surface area contributed by atoms with E-state index in [1.807, 2.05) is 71.5 Å². The molecule has 136 valence electrons. The molecule has 0 aliphatic heterocycles. The Bertz CT molecular complexity index is 1290. The fraction of sp³-hybridized carbons (Fsp3) is 0.0435. The summed E-state index contributed by atoms with van der Waals surface area (Å²) in [5.41, 5.74) is 4.76. The van der Waals surface area contributed by atoms with Gasteiger partial charge in [0.1, 0.15) is 11.4 Å². The standard InChI is InChI=1S/C23H16ClN3O/c1-28-18-11-12-21-19(13-18)23-20(14-25-21)22(15-5-3-2-4-6-15)26-27(23)17-9-7-16(24)8-10-17/h2-14H,1H3. The molecule has 0 aliphatic rings. The molecule has 0 aliphatic carbocycles. The van der Waals surface area contributed by atoms with Gasteiger partial charge in [0.15, 0.2) is 0 Å². The fourth-order valence-electron chi connectivity index (χ4n) is 3.47. The Morgan fingerprint density at radius 2 is 1.68 bits per heavy atom. The van der Waals surface area contributed by atoms with E-state index < -0.39 is 0 Å². The lowest BCUT2D eigenvalue weighted by Crippen LogP contribution is -1.97. The topological polar surface area (TPSA) is 39.9 Å². The van der Waals surface area contributed by atoms with Crippen LogP contribution in [0.15, 0.2) is 79.0 Å². The van der Waals surface area contributed by atoms with Gasteiger partial charge >= 0.3 is 0 Å². The Hall–Kier alpha value is -3.37. The minimum atomic E-state index is 0.691. The third-order valence-electron chi connectivity index (χ3n) is 4.83. The molecule has 0 amide bonds. The summed E-state index contributed by atoms with van der Waals surface area (Å²) in [6.07, 6.45) is 1.89. The van der Waals surface area contributed by atoms with Gasteiger partial charge in [0.25, 0.3) is 0 Å². The van der Waals surface area contributed by atoms with Gasteiger partial charge < -0.3 is 4.74 Å². The zero-order chi connectivity index (χ0) is 19.1. The van der Waals surface area contributed by atoms with Gasteiger partial charge in [-0.3, -0.25) is 4.98 Å². The molecule has 0 atom stereocenters. The lowest BCUT2D eigenvalue weighted by Gasteiger charge is -2.07. The molecule has 4 nitrogen and oxygen atoms in total. The van der Waals surface area contributed by atoms with Crippen LogP contribution in [0.5, 0.6) is 5.75 Å². The number of nitrogens with zero attached hydrogens (tertiary/aromatic N) is 3. The number of methoxy groups -OCH3 is 1. The predicted octanol–water partition coefficient (Wildman–Crippen LogP) is 5.90. The summed E-state index contributed by atoms with van der Waals surface area (Å²) in [6.45, 7) is 0. The van der Waals surface area contributed by atoms with E-state index in [9.17, 15) is 0 Å². The first-order valence-electron chi connectivity index (χ1n) is 8.91. The first-order chi connectivity index (χ1) is 13.7. The number of halogens is 1. The number of hydrogen-bond donors (Lipinski definition) is 0. The van der Waals surface area contributed by atoms with E-state index >= 15 is 0 Å². The van der Waals surface area contributed by atoms with Crippen LogP contribution in [0.2, 0.25) is 5.02 Å². The van der Waals surface area contributed by atoms with E-state index in [0.717, 1.165) is 44.5 Å². The van der Waals surface area contributed by atoms with Crippen molar-refractivity contribution in [1.82, 2.24) is 14.8 Å². The van der Waals surface area contributed by atoms with Crippen LogP contribution in [-0.4, -0.2) is 21.9 Å². The molecular weight excluding hydrogens is 370 g/mol. The van der Waals surface area contributed by atoms with Crippen LogP contribution in [0, 0.1) is 0 Å². The second-order valence-electron chi connectivity index (χ2n) is 6.51. The summed E-state index contributed by atoms with van der Waals surface area (Å²) in [7, 11) is 1.67. The molecule has 2 aromatic heterocycles. The molecule has 0 unspecified atom stereocenters. The molecule has 5 heteroatoms. The summed E-state index contributed by atoms with van der Waals surface area (Å²) in [6, 6.07) is 23.7. The number of rotatable bonds is 3. The van der Waals surface area contributed by atoms with E-state index in [4.69, 9.17) is 21.4 Å². The zero-order valence-corrected chi connectivity index (χ0v) is 15.9. The first-order valence-corrected chi connectivity index (χ1v) is 9.29. The molecule has 5 rings (SSSR count). The van der Waals surface area contributed by atoms with Crippen LogP contribution in [0.3, 0.4) is 0 Å². The monoisotopic (exact) mass is 385 g/mol. The van der Waals surface area contributed by atoms with Crippen LogP contribution < -0.4 is 4.74 Å². The molecule has 3 aromatic carbocycles. The average molecular weight is 386 g/mol. The third-order valence-corrected chi connectivity index (χ3v) is 5.08. The van der Waals surface area contributed by atoms with Crippen LogP contribution >= 0.6 is 11.6 Å². The van der Waals surface area contributed by atoms with E-state index in [0.29, 0.717) is 5.02 Å². The summed E-state index contributed by atoms with van der Waals surface area (Å²) in [4.78, 5) is 4.66. The second kappa shape index (κ2) is 6.66. The number of hydrogen-bond acceptors (Lipinski definition) is 3. The minimum absolute atomic E-state index is 0.691. The van der Waals surface area contributed by atoms with E-state index in [2.05, 4.69) is 17.1 Å². The van der Waals surface area contributed by atoms with Crippen LogP contribution in [0.1, 0.15) is 0 Å². The summed E-state index contributed by atoms with van der Waals surface area (Å²) < 4.78 is 7.40. The molecule has 2 heterocycles. The van der Waals surface area contributed by atoms with Gasteiger partial charge in [-0.15, -0.1) is 0 Å². The highest BCUT2D eigenvalue weighted by Crippen LogP contribution is 2.35. The third kappa shape index (κ3) is 2.70. The lowest BCUT2D eigenvalue weighted by molar-refractivity contribution is 0.415. The molecule has 0 radical (unpaired) electrons. The van der Waals surface area contributed by atoms with E-state index in [-0.39, 0.29) is 0 Å². The highest BCUT2D eigenvalue weighted by Gasteiger charge is 2.17. The Morgan fingerprint density at radius 3 is 2.43 bits per heavy atom. The number of aromatic nitrogens is 3. The molecule has 0 N–H and O–H groups in total. The molecule has 0 spiro atoms. The smallest absolute Gasteiger partial charge is 0.119 e. The molecule has 28 heavy (non-hydrogen) atoms. The molecule has 0 saturated carbocycles. The van der Waals surface area contributed by atoms with Crippen molar-refractivity contribution in [2.45, 2.75) is 0 Å². The van der Waals surface area contributed by atoms with Crippen molar-refractivity contribution in [3.8, 4) is 22.7 Å². The Labute approximate surface area is 167 Å². The Kier molecular flexibility index (Phi) is 3.99. The zero-order valence-electron chi connectivity index (χ0n) is 15.1. The van der Waals surface area contributed by atoms with Gasteiger partial charge in [-0.1, -0.05) is 41.9 Å². The number of benzene rings is 3. The maximum Gasteiger partial charge on any atom is 0.119 e. The Balaban J connectivity index is 1.91. The molecule has 0 fully saturated rings. The number of ether oxygens (including phenoxy) is 1. The normalized spacial score (nSPS) is 11.2. The molecule has 0 saturated heterocycles. The van der Waals surface area contributed by atoms with Gasteiger partial charge in [0.2, 0.25) is 0 Å². The van der Waals surface area contributed by atoms with Gasteiger partial charge in [0, 0.05) is 27.6 Å². The fourth-order valence-corrected chi connectivity index (χ4v) is 3.59. The van der Waals surface area contributed by atoms with Gasteiger partial charge in [-0.25, -0.2) is 4.68 Å². The average Bonchev–Trinajstić information content (AvgIpc) is 3.14. The number of fused-ring (bicyclic) bond motifs is 3. The SMILES string of the molecule is COc1ccc2ncc3c(-c4ccccc4)nn(-c4ccc(Cl)cc4)c3c2c1. The lowest BCUT2D eigenvalue weighted by atomic mass is 10.1. The van der Waals surface area contributed by atoms with Gasteiger partial charge in [-0.05, 0) is 42.5 Å². The van der Waals surface area contributed by atoms with Gasteiger partial charge in [-0.2, -0.15) is 5.10 Å². The van der Waals surface area contributed by atoms with Crippen molar-refractivity contribution < 1.29 is 4.74 Å². The largest absolute Gasteiger partial charge is 0.497 e. The summed E-state index contributed by atoms with van der Waals surface area (Å²) in [5, 5.41) is 7.62. The summed E-state index contributed by atoms with van der Waals surface area (Å²) in [5.74, 6) is 0.784. The highest BCUT2D eigenvalue weighted by molar-refractivity contribution is 6.30. The van der Waals surface area contributed by atoms with Gasteiger partial charge in [0.05, 0.1) is 23.8 Å². The second-order valence-corrected chi connectivity index (χ2v) is 6.94. The summed E-state index contributed by atoms with van der Waals surface area (Å²) >= 11 is 6.10. The van der Waals surface area contributed by atoms with E-state index in [1.54, 1.807) is 7.11 Å². The van der Waals surface area contributed by atoms with Crippen molar-refractivity contribution >= 4 is 33.4 Å². The van der Waals surface area contributed by atoms with Crippen LogP contribution in [-0.2, 0) is 0 Å². The van der Waals surface area contributed by atoms with Crippen LogP contribution in [0.4, 0.5) is 0 Å². The quantitative estimate of drug-likeness (QED) is 0.388. The Morgan fingerprint density at radius 1 is 0.893 bits per heavy atom. The molecular formula is C23H16ClN3O. The highest BCUT2D eigenvalue weighted by atomic mass is 35.5. The number of pyridine rings is 1. The van der Waals surface area contributed by atoms with Crippen LogP contribution in [0.25, 0.3) is 38.8 Å². The molecule has 0 bridgehead atoms. The van der Waals surface area contributed by atoms with Crippen molar-refractivity contribution in [2.75, 3.05) is 7.11 Å². The van der Waals surface area contributed by atoms with Crippen molar-refractivity contribution in [3.63, 3.8) is 0 Å². The first kappa shape index (κ1) is 16.8. The minimum Gasteiger partial charge on any atom is -0.497 e. The maximum absolute atomic E-state index is 6.10. The van der Waals surface area contributed by atoms with Crippen molar-refractivity contribution in [1.29, 1.82) is 0 Å². The van der Waals surface area contributed by atoms with Crippen molar-refractivity contribution in [3.05, 3.63) is 84.0 Å².